The fourth-order valence-electron chi connectivity index (χ4n) is 3.39. The van der Waals surface area contributed by atoms with E-state index in [0.29, 0.717) is 5.56 Å². The van der Waals surface area contributed by atoms with Gasteiger partial charge in [0.2, 0.25) is 0 Å². The van der Waals surface area contributed by atoms with E-state index in [9.17, 15) is 9.59 Å². The van der Waals surface area contributed by atoms with Crippen molar-refractivity contribution in [3.63, 3.8) is 0 Å². The first kappa shape index (κ1) is 18.6. The van der Waals surface area contributed by atoms with E-state index < -0.39 is 5.92 Å². The molecule has 0 N–H and O–H groups in total. The van der Waals surface area contributed by atoms with Gasteiger partial charge in [0.1, 0.15) is 0 Å². The van der Waals surface area contributed by atoms with Gasteiger partial charge in [0, 0.05) is 17.9 Å². The van der Waals surface area contributed by atoms with Gasteiger partial charge in [0.15, 0.2) is 5.78 Å². The van der Waals surface area contributed by atoms with Gasteiger partial charge in [-0.05, 0) is 11.1 Å². The van der Waals surface area contributed by atoms with Gasteiger partial charge in [-0.3, -0.25) is 9.59 Å². The third-order valence-corrected chi connectivity index (χ3v) is 4.74. The Morgan fingerprint density at radius 3 is 1.74 bits per heavy atom. The van der Waals surface area contributed by atoms with E-state index in [4.69, 9.17) is 4.74 Å². The van der Waals surface area contributed by atoms with Crippen LogP contribution in [0.4, 0.5) is 0 Å². The number of rotatable bonds is 7. The van der Waals surface area contributed by atoms with Gasteiger partial charge in [-0.25, -0.2) is 0 Å². The maximum absolute atomic E-state index is 12.9. The molecule has 0 aliphatic rings. The molecule has 0 bridgehead atoms. The average molecular weight is 358 g/mol. The zero-order chi connectivity index (χ0) is 19.1. The summed E-state index contributed by atoms with van der Waals surface area (Å²) in [6.07, 6.45) is 0.225. The molecule has 2 atom stereocenters. The standard InChI is InChI=1S/C24H22O3/c1-27-24(26)23(20-15-9-4-10-16-20)21(18-11-5-2-6-12-18)17-22(25)19-13-7-3-8-14-19/h2-16,21,23H,17H2,1H3/t21-,23+/m0/s1. The number of methoxy groups -OCH3 is 1. The molecule has 0 spiro atoms. The van der Waals surface area contributed by atoms with Gasteiger partial charge in [-0.1, -0.05) is 91.0 Å². The SMILES string of the molecule is COC(=O)[C@H](c1ccccc1)[C@@H](CC(=O)c1ccccc1)c1ccccc1. The molecule has 0 radical (unpaired) electrons. The largest absolute Gasteiger partial charge is 0.469 e. The number of hydrogen-bond donors (Lipinski definition) is 0. The molecule has 0 unspecified atom stereocenters. The molecule has 0 aliphatic carbocycles. The van der Waals surface area contributed by atoms with E-state index in [-0.39, 0.29) is 24.1 Å². The smallest absolute Gasteiger partial charge is 0.313 e. The molecule has 0 aliphatic heterocycles. The summed E-state index contributed by atoms with van der Waals surface area (Å²) in [7, 11) is 1.39. The highest BCUT2D eigenvalue weighted by Gasteiger charge is 2.33. The Hall–Kier alpha value is -3.20. The van der Waals surface area contributed by atoms with Crippen LogP contribution in [-0.4, -0.2) is 18.9 Å². The molecule has 3 aromatic rings. The molecule has 0 amide bonds. The Labute approximate surface area is 159 Å². The van der Waals surface area contributed by atoms with E-state index >= 15 is 0 Å². The van der Waals surface area contributed by atoms with Crippen molar-refractivity contribution >= 4 is 11.8 Å². The second-order valence-electron chi connectivity index (χ2n) is 6.42. The van der Waals surface area contributed by atoms with Gasteiger partial charge < -0.3 is 4.74 Å². The van der Waals surface area contributed by atoms with Crippen molar-refractivity contribution in [3.05, 3.63) is 108 Å². The van der Waals surface area contributed by atoms with Crippen LogP contribution in [0, 0.1) is 0 Å². The highest BCUT2D eigenvalue weighted by Crippen LogP contribution is 2.37. The number of Topliss-reactive ketones (excluding diaryl/α,β-unsaturated/α-hetero) is 1. The monoisotopic (exact) mass is 358 g/mol. The summed E-state index contributed by atoms with van der Waals surface area (Å²) in [6.45, 7) is 0. The summed E-state index contributed by atoms with van der Waals surface area (Å²) in [5.74, 6) is -1.19. The van der Waals surface area contributed by atoms with Crippen LogP contribution in [0.5, 0.6) is 0 Å². The molecule has 0 fully saturated rings. The van der Waals surface area contributed by atoms with Crippen LogP contribution in [0.3, 0.4) is 0 Å². The Bertz CT molecular complexity index is 873. The van der Waals surface area contributed by atoms with E-state index in [0.717, 1.165) is 11.1 Å². The molecular formula is C24H22O3. The third kappa shape index (κ3) is 4.50. The van der Waals surface area contributed by atoms with Crippen LogP contribution in [0.25, 0.3) is 0 Å². The van der Waals surface area contributed by atoms with E-state index in [1.165, 1.54) is 7.11 Å². The Kier molecular flexibility index (Phi) is 6.16. The van der Waals surface area contributed by atoms with Gasteiger partial charge in [-0.15, -0.1) is 0 Å². The van der Waals surface area contributed by atoms with Crippen molar-refractivity contribution in [2.24, 2.45) is 0 Å². The topological polar surface area (TPSA) is 43.4 Å². The summed E-state index contributed by atoms with van der Waals surface area (Å²) in [5.41, 5.74) is 2.44. The molecule has 3 aromatic carbocycles. The lowest BCUT2D eigenvalue weighted by molar-refractivity contribution is -0.143. The molecule has 136 valence electrons. The second-order valence-corrected chi connectivity index (χ2v) is 6.42. The molecule has 0 aromatic heterocycles. The van der Waals surface area contributed by atoms with Gasteiger partial charge in [0.25, 0.3) is 0 Å². The first-order valence-corrected chi connectivity index (χ1v) is 8.96. The Morgan fingerprint density at radius 2 is 1.22 bits per heavy atom. The fraction of sp³-hybridized carbons (Fsp3) is 0.167. The van der Waals surface area contributed by atoms with Gasteiger partial charge in [0.05, 0.1) is 13.0 Å². The number of benzene rings is 3. The Morgan fingerprint density at radius 1 is 0.741 bits per heavy atom. The molecule has 0 saturated carbocycles. The minimum Gasteiger partial charge on any atom is -0.469 e. The van der Waals surface area contributed by atoms with Crippen LogP contribution in [-0.2, 0) is 9.53 Å². The summed E-state index contributed by atoms with van der Waals surface area (Å²) in [4.78, 5) is 25.6. The van der Waals surface area contributed by atoms with Crippen molar-refractivity contribution in [2.45, 2.75) is 18.3 Å². The summed E-state index contributed by atoms with van der Waals surface area (Å²) in [5, 5.41) is 0. The predicted octanol–water partition coefficient (Wildman–Crippen LogP) is 5.00. The number of ketones is 1. The zero-order valence-electron chi connectivity index (χ0n) is 15.2. The Balaban J connectivity index is 2.02. The van der Waals surface area contributed by atoms with Gasteiger partial charge >= 0.3 is 5.97 Å². The predicted molar refractivity (Wildman–Crippen MR) is 106 cm³/mol. The summed E-state index contributed by atoms with van der Waals surface area (Å²) >= 11 is 0. The molecule has 27 heavy (non-hydrogen) atoms. The van der Waals surface area contributed by atoms with E-state index in [1.54, 1.807) is 12.1 Å². The van der Waals surface area contributed by atoms with Crippen LogP contribution < -0.4 is 0 Å². The van der Waals surface area contributed by atoms with Crippen molar-refractivity contribution in [3.8, 4) is 0 Å². The first-order valence-electron chi connectivity index (χ1n) is 8.96. The van der Waals surface area contributed by atoms with Crippen molar-refractivity contribution < 1.29 is 14.3 Å². The van der Waals surface area contributed by atoms with Crippen LogP contribution in [0.1, 0.15) is 39.7 Å². The second kappa shape index (κ2) is 8.95. The number of hydrogen-bond acceptors (Lipinski definition) is 3. The average Bonchev–Trinajstić information content (AvgIpc) is 2.75. The molecule has 0 saturated heterocycles. The van der Waals surface area contributed by atoms with Crippen molar-refractivity contribution in [1.82, 2.24) is 0 Å². The molecular weight excluding hydrogens is 336 g/mol. The zero-order valence-corrected chi connectivity index (χ0v) is 15.2. The highest BCUT2D eigenvalue weighted by molar-refractivity contribution is 5.97. The lowest BCUT2D eigenvalue weighted by Crippen LogP contribution is -2.24. The minimum absolute atomic E-state index is 0.00860. The maximum Gasteiger partial charge on any atom is 0.313 e. The number of ether oxygens (including phenoxy) is 1. The van der Waals surface area contributed by atoms with Crippen molar-refractivity contribution in [2.75, 3.05) is 7.11 Å². The van der Waals surface area contributed by atoms with Crippen LogP contribution >= 0.6 is 0 Å². The molecule has 0 heterocycles. The fourth-order valence-corrected chi connectivity index (χ4v) is 3.39. The lowest BCUT2D eigenvalue weighted by atomic mass is 9.78. The highest BCUT2D eigenvalue weighted by atomic mass is 16.5. The lowest BCUT2D eigenvalue weighted by Gasteiger charge is -2.26. The third-order valence-electron chi connectivity index (χ3n) is 4.74. The normalized spacial score (nSPS) is 12.8. The van der Waals surface area contributed by atoms with E-state index in [2.05, 4.69) is 0 Å². The minimum atomic E-state index is -0.550. The molecule has 3 heteroatoms. The quantitative estimate of drug-likeness (QED) is 0.441. The van der Waals surface area contributed by atoms with Gasteiger partial charge in [-0.2, -0.15) is 0 Å². The van der Waals surface area contributed by atoms with E-state index in [1.807, 2.05) is 78.9 Å². The molecule has 3 rings (SSSR count). The number of carbonyl (C=O) groups is 2. The van der Waals surface area contributed by atoms with Crippen LogP contribution in [0.2, 0.25) is 0 Å². The summed E-state index contributed by atoms with van der Waals surface area (Å²) in [6, 6.07) is 28.4. The van der Waals surface area contributed by atoms with Crippen LogP contribution in [0.15, 0.2) is 91.0 Å². The number of carbonyl (C=O) groups excluding carboxylic acids is 2. The molecule has 3 nitrogen and oxygen atoms in total. The summed E-state index contributed by atoms with van der Waals surface area (Å²) < 4.78 is 5.11. The number of esters is 1. The maximum atomic E-state index is 12.9. The first-order chi connectivity index (χ1) is 13.2. The van der Waals surface area contributed by atoms with Crippen molar-refractivity contribution in [1.29, 1.82) is 0 Å².